The number of nitrogens with zero attached hydrogens (tertiary/aromatic N) is 2. The predicted octanol–water partition coefficient (Wildman–Crippen LogP) is 2.73. The van der Waals surface area contributed by atoms with E-state index in [1.165, 1.54) is 0 Å². The molecule has 1 aromatic carbocycles. The Labute approximate surface area is 123 Å². The summed E-state index contributed by atoms with van der Waals surface area (Å²) in [5.41, 5.74) is 7.85. The van der Waals surface area contributed by atoms with Crippen LogP contribution in [0.15, 0.2) is 41.0 Å². The highest BCUT2D eigenvalue weighted by Crippen LogP contribution is 2.16. The fourth-order valence-corrected chi connectivity index (χ4v) is 2.02. The number of carbonyl (C=O) groups excluding carboxylic acids is 1. The first-order valence-corrected chi connectivity index (χ1v) is 6.66. The molecule has 0 atom stereocenters. The standard InChI is InChI=1S/C16H17N3O2/c1-12-10-13(5-6-15(12)18)16(20)19(8-3-7-17)11-14-4-2-9-21-14/h2,4-6,9-10H,3,8,11,18H2,1H3. The van der Waals surface area contributed by atoms with Crippen LogP contribution in [0.3, 0.4) is 0 Å². The van der Waals surface area contributed by atoms with Crippen LogP contribution in [0.4, 0.5) is 5.69 Å². The maximum atomic E-state index is 12.6. The second kappa shape index (κ2) is 6.62. The number of anilines is 1. The molecule has 0 saturated carbocycles. The van der Waals surface area contributed by atoms with E-state index in [-0.39, 0.29) is 12.3 Å². The molecule has 2 N–H and O–H groups in total. The van der Waals surface area contributed by atoms with Crippen LogP contribution >= 0.6 is 0 Å². The SMILES string of the molecule is Cc1cc(C(=O)N(CCC#N)Cc2ccco2)ccc1N. The highest BCUT2D eigenvalue weighted by Gasteiger charge is 2.17. The highest BCUT2D eigenvalue weighted by atomic mass is 16.3. The maximum Gasteiger partial charge on any atom is 0.254 e. The molecule has 1 aromatic heterocycles. The van der Waals surface area contributed by atoms with Gasteiger partial charge in [0.2, 0.25) is 0 Å². The molecular formula is C16H17N3O2. The van der Waals surface area contributed by atoms with Crippen LogP contribution in [0.5, 0.6) is 0 Å². The van der Waals surface area contributed by atoms with Crippen molar-refractivity contribution in [1.29, 1.82) is 5.26 Å². The first-order chi connectivity index (χ1) is 10.1. The topological polar surface area (TPSA) is 83.3 Å². The van der Waals surface area contributed by atoms with Gasteiger partial charge in [-0.25, -0.2) is 0 Å². The lowest BCUT2D eigenvalue weighted by molar-refractivity contribution is 0.0735. The minimum Gasteiger partial charge on any atom is -0.467 e. The van der Waals surface area contributed by atoms with E-state index in [2.05, 4.69) is 6.07 Å². The van der Waals surface area contributed by atoms with E-state index in [0.717, 1.165) is 5.56 Å². The first-order valence-electron chi connectivity index (χ1n) is 6.66. The van der Waals surface area contributed by atoms with Crippen molar-refractivity contribution in [1.82, 2.24) is 4.90 Å². The Morgan fingerprint density at radius 3 is 2.86 bits per heavy atom. The van der Waals surface area contributed by atoms with Gasteiger partial charge < -0.3 is 15.1 Å². The average molecular weight is 283 g/mol. The van der Waals surface area contributed by atoms with E-state index in [4.69, 9.17) is 15.4 Å². The van der Waals surface area contributed by atoms with Crippen molar-refractivity contribution in [2.75, 3.05) is 12.3 Å². The Kier molecular flexibility index (Phi) is 4.62. The molecule has 0 bridgehead atoms. The second-order valence-corrected chi connectivity index (χ2v) is 4.79. The lowest BCUT2D eigenvalue weighted by atomic mass is 10.1. The lowest BCUT2D eigenvalue weighted by Gasteiger charge is -2.21. The fourth-order valence-electron chi connectivity index (χ4n) is 2.02. The third-order valence-corrected chi connectivity index (χ3v) is 3.22. The summed E-state index contributed by atoms with van der Waals surface area (Å²) >= 11 is 0. The molecule has 108 valence electrons. The Hall–Kier alpha value is -2.74. The summed E-state index contributed by atoms with van der Waals surface area (Å²) < 4.78 is 5.28. The number of furan rings is 1. The summed E-state index contributed by atoms with van der Waals surface area (Å²) in [7, 11) is 0. The number of amides is 1. The molecule has 2 aromatic rings. The molecule has 2 rings (SSSR count). The molecule has 0 aliphatic rings. The van der Waals surface area contributed by atoms with Gasteiger partial charge >= 0.3 is 0 Å². The van der Waals surface area contributed by atoms with E-state index in [0.29, 0.717) is 30.1 Å². The maximum absolute atomic E-state index is 12.6. The summed E-state index contributed by atoms with van der Waals surface area (Å²) in [5.74, 6) is 0.554. The fraction of sp³-hybridized carbons (Fsp3) is 0.250. The van der Waals surface area contributed by atoms with Crippen LogP contribution in [-0.2, 0) is 6.54 Å². The molecule has 0 saturated heterocycles. The molecule has 5 nitrogen and oxygen atoms in total. The molecule has 5 heteroatoms. The van der Waals surface area contributed by atoms with Crippen LogP contribution < -0.4 is 5.73 Å². The lowest BCUT2D eigenvalue weighted by Crippen LogP contribution is -2.31. The number of nitriles is 1. The van der Waals surface area contributed by atoms with Gasteiger partial charge in [0.05, 0.1) is 25.3 Å². The number of nitrogens with two attached hydrogens (primary N) is 1. The van der Waals surface area contributed by atoms with Crippen molar-refractivity contribution < 1.29 is 9.21 Å². The quantitative estimate of drug-likeness (QED) is 0.855. The molecule has 0 spiro atoms. The van der Waals surface area contributed by atoms with E-state index >= 15 is 0 Å². The number of hydrogen-bond donors (Lipinski definition) is 1. The zero-order valence-electron chi connectivity index (χ0n) is 11.9. The summed E-state index contributed by atoms with van der Waals surface area (Å²) in [5, 5.41) is 8.75. The molecule has 0 radical (unpaired) electrons. The Balaban J connectivity index is 2.20. The van der Waals surface area contributed by atoms with E-state index in [1.54, 1.807) is 41.5 Å². The average Bonchev–Trinajstić information content (AvgIpc) is 2.98. The van der Waals surface area contributed by atoms with Crippen molar-refractivity contribution in [3.63, 3.8) is 0 Å². The van der Waals surface area contributed by atoms with Crippen molar-refractivity contribution in [2.24, 2.45) is 0 Å². The second-order valence-electron chi connectivity index (χ2n) is 4.79. The molecule has 0 fully saturated rings. The summed E-state index contributed by atoms with van der Waals surface area (Å²) in [6.45, 7) is 2.56. The third kappa shape index (κ3) is 3.63. The van der Waals surface area contributed by atoms with E-state index in [1.807, 2.05) is 6.92 Å². The van der Waals surface area contributed by atoms with Gasteiger partial charge in [-0.2, -0.15) is 5.26 Å². The highest BCUT2D eigenvalue weighted by molar-refractivity contribution is 5.94. The number of carbonyl (C=O) groups is 1. The number of rotatable bonds is 5. The number of hydrogen-bond acceptors (Lipinski definition) is 4. The van der Waals surface area contributed by atoms with Gasteiger partial charge in [-0.05, 0) is 42.8 Å². The van der Waals surface area contributed by atoms with Gasteiger partial charge in [-0.15, -0.1) is 0 Å². The Morgan fingerprint density at radius 2 is 2.24 bits per heavy atom. The first kappa shape index (κ1) is 14.7. The molecule has 0 aliphatic heterocycles. The van der Waals surface area contributed by atoms with Crippen LogP contribution in [0.2, 0.25) is 0 Å². The predicted molar refractivity (Wildman–Crippen MR) is 79.3 cm³/mol. The van der Waals surface area contributed by atoms with Gasteiger partial charge in [0, 0.05) is 17.8 Å². The largest absolute Gasteiger partial charge is 0.467 e. The Bertz CT molecular complexity index is 657. The van der Waals surface area contributed by atoms with Gasteiger partial charge in [-0.3, -0.25) is 4.79 Å². The smallest absolute Gasteiger partial charge is 0.254 e. The summed E-state index contributed by atoms with van der Waals surface area (Å²) in [6.07, 6.45) is 1.84. The molecule has 1 heterocycles. The number of aryl methyl sites for hydroxylation is 1. The monoisotopic (exact) mass is 283 g/mol. The van der Waals surface area contributed by atoms with Gasteiger partial charge in [0.25, 0.3) is 5.91 Å². The number of nitrogen functional groups attached to an aromatic ring is 1. The van der Waals surface area contributed by atoms with E-state index in [9.17, 15) is 4.79 Å². The van der Waals surface area contributed by atoms with Gasteiger partial charge in [-0.1, -0.05) is 0 Å². The molecule has 21 heavy (non-hydrogen) atoms. The minimum atomic E-state index is -0.134. The van der Waals surface area contributed by atoms with Crippen molar-refractivity contribution in [3.05, 3.63) is 53.5 Å². The van der Waals surface area contributed by atoms with Crippen LogP contribution in [0.1, 0.15) is 28.1 Å². The van der Waals surface area contributed by atoms with Gasteiger partial charge in [0.1, 0.15) is 5.76 Å². The molecular weight excluding hydrogens is 266 g/mol. The summed E-state index contributed by atoms with van der Waals surface area (Å²) in [4.78, 5) is 14.2. The molecule has 0 unspecified atom stereocenters. The van der Waals surface area contributed by atoms with Crippen LogP contribution in [-0.4, -0.2) is 17.4 Å². The van der Waals surface area contributed by atoms with Crippen molar-refractivity contribution in [3.8, 4) is 6.07 Å². The summed E-state index contributed by atoms with van der Waals surface area (Å²) in [6, 6.07) is 10.8. The molecule has 1 amide bonds. The minimum absolute atomic E-state index is 0.134. The van der Waals surface area contributed by atoms with Crippen molar-refractivity contribution in [2.45, 2.75) is 19.9 Å². The molecule has 0 aliphatic carbocycles. The van der Waals surface area contributed by atoms with Crippen LogP contribution in [0, 0.1) is 18.3 Å². The number of benzene rings is 1. The Morgan fingerprint density at radius 1 is 1.43 bits per heavy atom. The van der Waals surface area contributed by atoms with Crippen molar-refractivity contribution >= 4 is 11.6 Å². The third-order valence-electron chi connectivity index (χ3n) is 3.22. The zero-order valence-corrected chi connectivity index (χ0v) is 11.9. The van der Waals surface area contributed by atoms with Crippen LogP contribution in [0.25, 0.3) is 0 Å². The van der Waals surface area contributed by atoms with Gasteiger partial charge in [0.15, 0.2) is 0 Å². The normalized spacial score (nSPS) is 10.1. The zero-order chi connectivity index (χ0) is 15.2. The van der Waals surface area contributed by atoms with E-state index < -0.39 is 0 Å².